The summed E-state index contributed by atoms with van der Waals surface area (Å²) in [7, 11) is 0. The predicted molar refractivity (Wildman–Crippen MR) is 78.0 cm³/mol. The van der Waals surface area contributed by atoms with E-state index in [1.54, 1.807) is 4.68 Å². The molecule has 0 bridgehead atoms. The Bertz CT molecular complexity index is 701. The second-order valence-electron chi connectivity index (χ2n) is 4.97. The van der Waals surface area contributed by atoms with E-state index in [4.69, 9.17) is 0 Å². The Labute approximate surface area is 131 Å². The Morgan fingerprint density at radius 2 is 2.09 bits per heavy atom. The first-order valence-corrected chi connectivity index (χ1v) is 6.90. The standard InChI is InChI=1S/C15H16F3N3O2/c1-9-7-10(2)21(20-9)6-5-14(22)19-12-4-3-11(16)8-13(12)23-15(17)18/h3-4,7-8,15H,5-6H2,1-2H3,(H,19,22). The summed E-state index contributed by atoms with van der Waals surface area (Å²) in [4.78, 5) is 11.9. The molecular formula is C15H16F3N3O2. The Morgan fingerprint density at radius 1 is 1.35 bits per heavy atom. The Hall–Kier alpha value is -2.51. The number of amides is 1. The largest absolute Gasteiger partial charge is 0.432 e. The quantitative estimate of drug-likeness (QED) is 0.886. The number of nitrogens with zero attached hydrogens (tertiary/aromatic N) is 2. The van der Waals surface area contributed by atoms with Crippen LogP contribution in [0.3, 0.4) is 0 Å². The molecule has 8 heteroatoms. The van der Waals surface area contributed by atoms with Crippen LogP contribution < -0.4 is 10.1 Å². The Kier molecular flexibility index (Phi) is 5.25. The van der Waals surface area contributed by atoms with Crippen LogP contribution in [-0.4, -0.2) is 22.3 Å². The minimum Gasteiger partial charge on any atom is -0.432 e. The smallest absolute Gasteiger partial charge is 0.387 e. The van der Waals surface area contributed by atoms with Crippen LogP contribution in [0, 0.1) is 19.7 Å². The van der Waals surface area contributed by atoms with Gasteiger partial charge < -0.3 is 10.1 Å². The van der Waals surface area contributed by atoms with Gasteiger partial charge in [-0.3, -0.25) is 9.48 Å². The molecule has 0 spiro atoms. The van der Waals surface area contributed by atoms with E-state index in [0.717, 1.165) is 23.5 Å². The molecule has 0 fully saturated rings. The molecule has 0 aliphatic rings. The average molecular weight is 327 g/mol. The Balaban J connectivity index is 2.01. The van der Waals surface area contributed by atoms with Crippen molar-refractivity contribution in [3.8, 4) is 5.75 Å². The average Bonchev–Trinajstić information content (AvgIpc) is 2.77. The highest BCUT2D eigenvalue weighted by molar-refractivity contribution is 5.92. The molecule has 0 saturated heterocycles. The maximum absolute atomic E-state index is 13.1. The fraction of sp³-hybridized carbons (Fsp3) is 0.333. The molecule has 0 aliphatic carbocycles. The second-order valence-corrected chi connectivity index (χ2v) is 4.97. The number of halogens is 3. The van der Waals surface area contributed by atoms with E-state index in [-0.39, 0.29) is 12.1 Å². The number of aryl methyl sites for hydroxylation is 3. The third-order valence-corrected chi connectivity index (χ3v) is 3.09. The summed E-state index contributed by atoms with van der Waals surface area (Å²) in [6.07, 6.45) is 0.0907. The van der Waals surface area contributed by atoms with E-state index in [9.17, 15) is 18.0 Å². The zero-order valence-electron chi connectivity index (χ0n) is 12.6. The molecule has 1 aromatic carbocycles. The van der Waals surface area contributed by atoms with Crippen LogP contribution in [0.15, 0.2) is 24.3 Å². The molecular weight excluding hydrogens is 311 g/mol. The van der Waals surface area contributed by atoms with Gasteiger partial charge in [0.15, 0.2) is 5.75 Å². The van der Waals surface area contributed by atoms with Gasteiger partial charge in [0.2, 0.25) is 5.91 Å². The molecule has 2 rings (SSSR count). The molecule has 1 aromatic heterocycles. The molecule has 0 unspecified atom stereocenters. The van der Waals surface area contributed by atoms with Gasteiger partial charge in [0.25, 0.3) is 0 Å². The van der Waals surface area contributed by atoms with Crippen molar-refractivity contribution in [3.05, 3.63) is 41.5 Å². The summed E-state index contributed by atoms with van der Waals surface area (Å²) in [5.41, 5.74) is 1.75. The lowest BCUT2D eigenvalue weighted by Gasteiger charge is -2.12. The number of alkyl halides is 2. The topological polar surface area (TPSA) is 56.2 Å². The van der Waals surface area contributed by atoms with Gasteiger partial charge >= 0.3 is 6.61 Å². The lowest BCUT2D eigenvalue weighted by Crippen LogP contribution is -2.17. The first kappa shape index (κ1) is 16.9. The number of carbonyl (C=O) groups is 1. The van der Waals surface area contributed by atoms with Gasteiger partial charge in [-0.2, -0.15) is 13.9 Å². The molecule has 1 N–H and O–H groups in total. The van der Waals surface area contributed by atoms with Gasteiger partial charge in [0, 0.05) is 24.7 Å². The van der Waals surface area contributed by atoms with E-state index in [1.165, 1.54) is 6.07 Å². The molecule has 5 nitrogen and oxygen atoms in total. The molecule has 0 atom stereocenters. The Morgan fingerprint density at radius 3 is 2.70 bits per heavy atom. The van der Waals surface area contributed by atoms with Gasteiger partial charge in [-0.05, 0) is 32.0 Å². The van der Waals surface area contributed by atoms with Gasteiger partial charge in [-0.25, -0.2) is 4.39 Å². The van der Waals surface area contributed by atoms with E-state index in [0.29, 0.717) is 6.54 Å². The zero-order chi connectivity index (χ0) is 17.0. The highest BCUT2D eigenvalue weighted by atomic mass is 19.3. The monoisotopic (exact) mass is 327 g/mol. The van der Waals surface area contributed by atoms with E-state index < -0.39 is 24.1 Å². The van der Waals surface area contributed by atoms with Crippen molar-refractivity contribution in [1.29, 1.82) is 0 Å². The molecule has 1 amide bonds. The number of anilines is 1. The number of rotatable bonds is 6. The third-order valence-electron chi connectivity index (χ3n) is 3.09. The van der Waals surface area contributed by atoms with Crippen LogP contribution in [0.5, 0.6) is 5.75 Å². The first-order valence-electron chi connectivity index (χ1n) is 6.90. The first-order chi connectivity index (χ1) is 10.8. The minimum absolute atomic E-state index is 0.00920. The summed E-state index contributed by atoms with van der Waals surface area (Å²) in [6.45, 7) is 0.947. The highest BCUT2D eigenvalue weighted by Gasteiger charge is 2.13. The minimum atomic E-state index is -3.11. The van der Waals surface area contributed by atoms with Crippen molar-refractivity contribution in [2.24, 2.45) is 0 Å². The lowest BCUT2D eigenvalue weighted by atomic mass is 10.2. The van der Waals surface area contributed by atoms with Crippen LogP contribution in [0.25, 0.3) is 0 Å². The van der Waals surface area contributed by atoms with E-state index in [2.05, 4.69) is 15.2 Å². The molecule has 1 heterocycles. The number of ether oxygens (including phenoxy) is 1. The van der Waals surface area contributed by atoms with Gasteiger partial charge in [0.1, 0.15) is 5.82 Å². The van der Waals surface area contributed by atoms with Crippen molar-refractivity contribution in [2.75, 3.05) is 5.32 Å². The number of carbonyl (C=O) groups excluding carboxylic acids is 1. The molecule has 0 radical (unpaired) electrons. The third kappa shape index (κ3) is 4.73. The second kappa shape index (κ2) is 7.17. The van der Waals surface area contributed by atoms with Crippen molar-refractivity contribution >= 4 is 11.6 Å². The van der Waals surface area contributed by atoms with Gasteiger partial charge in [-0.15, -0.1) is 0 Å². The van der Waals surface area contributed by atoms with Crippen LogP contribution >= 0.6 is 0 Å². The normalized spacial score (nSPS) is 10.9. The summed E-state index contributed by atoms with van der Waals surface area (Å²) in [5.74, 6) is -1.57. The van der Waals surface area contributed by atoms with Crippen LogP contribution in [0.4, 0.5) is 18.9 Å². The maximum atomic E-state index is 13.1. The lowest BCUT2D eigenvalue weighted by molar-refractivity contribution is -0.116. The zero-order valence-corrected chi connectivity index (χ0v) is 12.6. The number of aromatic nitrogens is 2. The van der Waals surface area contributed by atoms with Gasteiger partial charge in [-0.1, -0.05) is 0 Å². The summed E-state index contributed by atoms with van der Waals surface area (Å²) in [5, 5.41) is 6.66. The fourth-order valence-corrected chi connectivity index (χ4v) is 2.11. The van der Waals surface area contributed by atoms with E-state index >= 15 is 0 Å². The van der Waals surface area contributed by atoms with Crippen LogP contribution in [0.2, 0.25) is 0 Å². The van der Waals surface area contributed by atoms with Crippen LogP contribution in [0.1, 0.15) is 17.8 Å². The van der Waals surface area contributed by atoms with Crippen LogP contribution in [-0.2, 0) is 11.3 Å². The van der Waals surface area contributed by atoms with Crippen molar-refractivity contribution in [2.45, 2.75) is 33.4 Å². The van der Waals surface area contributed by atoms with Crippen molar-refractivity contribution < 1.29 is 22.7 Å². The summed E-state index contributed by atoms with van der Waals surface area (Å²) < 4.78 is 43.6. The number of hydrogen-bond donors (Lipinski definition) is 1. The molecule has 124 valence electrons. The molecule has 2 aromatic rings. The van der Waals surface area contributed by atoms with E-state index in [1.807, 2.05) is 19.9 Å². The van der Waals surface area contributed by atoms with Crippen molar-refractivity contribution in [3.63, 3.8) is 0 Å². The number of benzene rings is 1. The summed E-state index contributed by atoms with van der Waals surface area (Å²) in [6, 6.07) is 4.90. The maximum Gasteiger partial charge on any atom is 0.387 e. The summed E-state index contributed by atoms with van der Waals surface area (Å²) >= 11 is 0. The SMILES string of the molecule is Cc1cc(C)n(CCC(=O)Nc2ccc(F)cc2OC(F)F)n1. The van der Waals surface area contributed by atoms with Gasteiger partial charge in [0.05, 0.1) is 11.4 Å². The molecule has 0 saturated carbocycles. The highest BCUT2D eigenvalue weighted by Crippen LogP contribution is 2.27. The molecule has 23 heavy (non-hydrogen) atoms. The van der Waals surface area contributed by atoms with Crippen molar-refractivity contribution in [1.82, 2.24) is 9.78 Å². The number of hydrogen-bond acceptors (Lipinski definition) is 3. The fourth-order valence-electron chi connectivity index (χ4n) is 2.11. The predicted octanol–water partition coefficient (Wildman–Crippen LogP) is 3.27. The molecule has 0 aliphatic heterocycles. The number of nitrogens with one attached hydrogen (secondary N) is 1.